The summed E-state index contributed by atoms with van der Waals surface area (Å²) in [5.41, 5.74) is 7.21. The van der Waals surface area contributed by atoms with Crippen LogP contribution in [0.4, 0.5) is 5.69 Å². The summed E-state index contributed by atoms with van der Waals surface area (Å²) in [4.78, 5) is 15.5. The Balaban J connectivity index is 2.32. The molecule has 0 fully saturated rings. The van der Waals surface area contributed by atoms with Gasteiger partial charge in [0.05, 0.1) is 11.9 Å². The van der Waals surface area contributed by atoms with Gasteiger partial charge in [0.1, 0.15) is 0 Å². The molecule has 1 amide bonds. The highest BCUT2D eigenvalue weighted by Gasteiger charge is 2.03. The molecule has 0 aliphatic carbocycles. The normalized spacial score (nSPS) is 10.1. The average molecular weight is 221 g/mol. The number of aromatic nitrogens is 1. The van der Waals surface area contributed by atoms with Crippen molar-refractivity contribution in [2.75, 3.05) is 11.9 Å². The molecule has 0 saturated heterocycles. The third-order valence-electron chi connectivity index (χ3n) is 2.42. The molecular formula is C12H19N3O. The first-order chi connectivity index (χ1) is 7.74. The number of nitrogens with one attached hydrogen (secondary N) is 1. The molecule has 0 atom stereocenters. The number of anilines is 1. The second-order valence-corrected chi connectivity index (χ2v) is 3.84. The molecule has 4 heteroatoms. The molecule has 1 rings (SSSR count). The van der Waals surface area contributed by atoms with Crippen molar-refractivity contribution in [3.63, 3.8) is 0 Å². The molecular weight excluding hydrogens is 202 g/mol. The molecule has 0 saturated carbocycles. The molecule has 1 heterocycles. The van der Waals surface area contributed by atoms with E-state index >= 15 is 0 Å². The van der Waals surface area contributed by atoms with Crippen LogP contribution in [0.2, 0.25) is 0 Å². The van der Waals surface area contributed by atoms with E-state index in [2.05, 4.69) is 10.3 Å². The van der Waals surface area contributed by atoms with Gasteiger partial charge in [0.15, 0.2) is 0 Å². The van der Waals surface area contributed by atoms with Gasteiger partial charge in [0, 0.05) is 12.6 Å². The fourth-order valence-corrected chi connectivity index (χ4v) is 1.41. The zero-order valence-electron chi connectivity index (χ0n) is 9.70. The van der Waals surface area contributed by atoms with Crippen LogP contribution >= 0.6 is 0 Å². The Morgan fingerprint density at radius 1 is 1.44 bits per heavy atom. The van der Waals surface area contributed by atoms with Crippen LogP contribution in [0.3, 0.4) is 0 Å². The fourth-order valence-electron chi connectivity index (χ4n) is 1.41. The van der Waals surface area contributed by atoms with Gasteiger partial charge in [0.2, 0.25) is 5.91 Å². The van der Waals surface area contributed by atoms with Crippen molar-refractivity contribution in [2.24, 2.45) is 5.73 Å². The standard InChI is InChI=1S/C12H19N3O/c1-10-6-8-14-9-11(10)15-12(16)5-3-2-4-7-13/h6,8-9H,2-5,7,13H2,1H3,(H,15,16). The Morgan fingerprint density at radius 3 is 2.94 bits per heavy atom. The first-order valence-electron chi connectivity index (χ1n) is 5.64. The number of nitrogens with zero attached hydrogens (tertiary/aromatic N) is 1. The summed E-state index contributed by atoms with van der Waals surface area (Å²) in [5, 5.41) is 2.85. The molecule has 0 radical (unpaired) electrons. The summed E-state index contributed by atoms with van der Waals surface area (Å²) in [6, 6.07) is 1.88. The number of hydrogen-bond acceptors (Lipinski definition) is 3. The van der Waals surface area contributed by atoms with Crippen LogP contribution in [-0.4, -0.2) is 17.4 Å². The van der Waals surface area contributed by atoms with E-state index in [9.17, 15) is 4.79 Å². The van der Waals surface area contributed by atoms with Crippen LogP contribution in [0.25, 0.3) is 0 Å². The third-order valence-corrected chi connectivity index (χ3v) is 2.42. The predicted octanol–water partition coefficient (Wildman–Crippen LogP) is 1.85. The van der Waals surface area contributed by atoms with Gasteiger partial charge < -0.3 is 11.1 Å². The lowest BCUT2D eigenvalue weighted by molar-refractivity contribution is -0.116. The molecule has 3 N–H and O–H groups in total. The van der Waals surface area contributed by atoms with E-state index in [-0.39, 0.29) is 5.91 Å². The highest BCUT2D eigenvalue weighted by Crippen LogP contribution is 2.12. The van der Waals surface area contributed by atoms with E-state index in [4.69, 9.17) is 5.73 Å². The molecule has 16 heavy (non-hydrogen) atoms. The van der Waals surface area contributed by atoms with Gasteiger partial charge in [-0.1, -0.05) is 6.42 Å². The Hall–Kier alpha value is -1.42. The van der Waals surface area contributed by atoms with Crippen molar-refractivity contribution in [2.45, 2.75) is 32.6 Å². The lowest BCUT2D eigenvalue weighted by Gasteiger charge is -2.07. The maximum absolute atomic E-state index is 11.6. The Morgan fingerprint density at radius 2 is 2.25 bits per heavy atom. The minimum absolute atomic E-state index is 0.0492. The summed E-state index contributed by atoms with van der Waals surface area (Å²) >= 11 is 0. The summed E-state index contributed by atoms with van der Waals surface area (Å²) in [6.07, 6.45) is 6.82. The molecule has 88 valence electrons. The van der Waals surface area contributed by atoms with E-state index in [1.807, 2.05) is 13.0 Å². The zero-order valence-corrected chi connectivity index (χ0v) is 9.70. The Kier molecular flexibility index (Phi) is 5.50. The van der Waals surface area contributed by atoms with Crippen LogP contribution in [0.15, 0.2) is 18.5 Å². The quantitative estimate of drug-likeness (QED) is 0.720. The second-order valence-electron chi connectivity index (χ2n) is 3.84. The van der Waals surface area contributed by atoms with Gasteiger partial charge in [-0.15, -0.1) is 0 Å². The molecule has 0 aliphatic heterocycles. The first kappa shape index (κ1) is 12.6. The number of hydrogen-bond donors (Lipinski definition) is 2. The number of carbonyl (C=O) groups excluding carboxylic acids is 1. The Bertz CT molecular complexity index is 339. The van der Waals surface area contributed by atoms with Crippen molar-refractivity contribution in [3.8, 4) is 0 Å². The fraction of sp³-hybridized carbons (Fsp3) is 0.500. The second kappa shape index (κ2) is 6.95. The smallest absolute Gasteiger partial charge is 0.224 e. The van der Waals surface area contributed by atoms with E-state index in [0.717, 1.165) is 30.5 Å². The van der Waals surface area contributed by atoms with Crippen molar-refractivity contribution in [1.82, 2.24) is 4.98 Å². The summed E-state index contributed by atoms with van der Waals surface area (Å²) < 4.78 is 0. The van der Waals surface area contributed by atoms with Gasteiger partial charge in [-0.2, -0.15) is 0 Å². The average Bonchev–Trinajstić information content (AvgIpc) is 2.28. The number of unbranched alkanes of at least 4 members (excludes halogenated alkanes) is 2. The number of pyridine rings is 1. The van der Waals surface area contributed by atoms with Crippen molar-refractivity contribution in [3.05, 3.63) is 24.0 Å². The summed E-state index contributed by atoms with van der Waals surface area (Å²) in [5.74, 6) is 0.0492. The maximum atomic E-state index is 11.6. The molecule has 0 aliphatic rings. The SMILES string of the molecule is Cc1ccncc1NC(=O)CCCCCN. The van der Waals surface area contributed by atoms with E-state index in [1.54, 1.807) is 12.4 Å². The lowest BCUT2D eigenvalue weighted by atomic mass is 10.2. The topological polar surface area (TPSA) is 68.0 Å². The monoisotopic (exact) mass is 221 g/mol. The van der Waals surface area contributed by atoms with E-state index in [1.165, 1.54) is 0 Å². The number of nitrogens with two attached hydrogens (primary N) is 1. The van der Waals surface area contributed by atoms with Gasteiger partial charge in [-0.25, -0.2) is 0 Å². The molecule has 0 unspecified atom stereocenters. The van der Waals surface area contributed by atoms with Gasteiger partial charge in [-0.3, -0.25) is 9.78 Å². The van der Waals surface area contributed by atoms with Gasteiger partial charge in [0.25, 0.3) is 0 Å². The predicted molar refractivity (Wildman–Crippen MR) is 65.1 cm³/mol. The summed E-state index contributed by atoms with van der Waals surface area (Å²) in [6.45, 7) is 2.65. The lowest BCUT2D eigenvalue weighted by Crippen LogP contribution is -2.12. The minimum atomic E-state index is 0.0492. The largest absolute Gasteiger partial charge is 0.330 e. The van der Waals surface area contributed by atoms with Gasteiger partial charge >= 0.3 is 0 Å². The number of carbonyl (C=O) groups is 1. The number of amides is 1. The number of aryl methyl sites for hydroxylation is 1. The summed E-state index contributed by atoms with van der Waals surface area (Å²) in [7, 11) is 0. The van der Waals surface area contributed by atoms with Crippen LogP contribution in [0.1, 0.15) is 31.2 Å². The highest BCUT2D eigenvalue weighted by molar-refractivity contribution is 5.91. The van der Waals surface area contributed by atoms with Crippen LogP contribution in [0.5, 0.6) is 0 Å². The molecule has 1 aromatic rings. The third kappa shape index (κ3) is 4.40. The minimum Gasteiger partial charge on any atom is -0.330 e. The Labute approximate surface area is 96.3 Å². The molecule has 0 aromatic carbocycles. The van der Waals surface area contributed by atoms with Crippen LogP contribution in [0, 0.1) is 6.92 Å². The maximum Gasteiger partial charge on any atom is 0.224 e. The molecule has 0 spiro atoms. The number of rotatable bonds is 6. The van der Waals surface area contributed by atoms with Gasteiger partial charge in [-0.05, 0) is 37.9 Å². The zero-order chi connectivity index (χ0) is 11.8. The molecule has 0 bridgehead atoms. The van der Waals surface area contributed by atoms with Crippen LogP contribution in [-0.2, 0) is 4.79 Å². The van der Waals surface area contributed by atoms with Crippen molar-refractivity contribution < 1.29 is 4.79 Å². The first-order valence-corrected chi connectivity index (χ1v) is 5.64. The molecule has 4 nitrogen and oxygen atoms in total. The molecule has 1 aromatic heterocycles. The van der Waals surface area contributed by atoms with Crippen molar-refractivity contribution in [1.29, 1.82) is 0 Å². The van der Waals surface area contributed by atoms with E-state index in [0.29, 0.717) is 13.0 Å². The van der Waals surface area contributed by atoms with Crippen LogP contribution < -0.4 is 11.1 Å². The van der Waals surface area contributed by atoms with Crippen molar-refractivity contribution >= 4 is 11.6 Å². The van der Waals surface area contributed by atoms with E-state index < -0.39 is 0 Å². The highest BCUT2D eigenvalue weighted by atomic mass is 16.1.